The highest BCUT2D eigenvalue weighted by Crippen LogP contribution is 2.41. The summed E-state index contributed by atoms with van der Waals surface area (Å²) in [6, 6.07) is 2.84. The van der Waals surface area contributed by atoms with Gasteiger partial charge in [0.25, 0.3) is 5.91 Å². The molecule has 1 saturated heterocycles. The zero-order valence-electron chi connectivity index (χ0n) is 21.1. The SMILES string of the molecule is Cc1nnc(SCC2=C(C(=O)O)N3C(=O)[C@@H](NC(=O)Cc4ccc(CNC(=O)OC(C)(C)C)s4)[C@@H]3SC2)s1. The molecule has 3 N–H and O–H groups in total. The average Bonchev–Trinajstić information content (AvgIpc) is 3.46. The Balaban J connectivity index is 1.31. The maximum Gasteiger partial charge on any atom is 0.407 e. The normalized spacial score (nSPS) is 19.1. The van der Waals surface area contributed by atoms with E-state index in [4.69, 9.17) is 4.74 Å². The zero-order chi connectivity index (χ0) is 27.6. The van der Waals surface area contributed by atoms with Gasteiger partial charge in [0.2, 0.25) is 5.91 Å². The van der Waals surface area contributed by atoms with Crippen molar-refractivity contribution >= 4 is 70.1 Å². The van der Waals surface area contributed by atoms with E-state index in [0.29, 0.717) is 17.1 Å². The van der Waals surface area contributed by atoms with Gasteiger partial charge in [-0.1, -0.05) is 23.1 Å². The third kappa shape index (κ3) is 6.87. The highest BCUT2D eigenvalue weighted by Gasteiger charge is 2.54. The minimum atomic E-state index is -1.16. The van der Waals surface area contributed by atoms with E-state index in [1.807, 2.05) is 13.0 Å². The molecule has 2 aliphatic rings. The van der Waals surface area contributed by atoms with Crippen LogP contribution in [0.2, 0.25) is 0 Å². The summed E-state index contributed by atoms with van der Waals surface area (Å²) < 4.78 is 5.96. The van der Waals surface area contributed by atoms with E-state index in [-0.39, 0.29) is 24.6 Å². The summed E-state index contributed by atoms with van der Waals surface area (Å²) in [4.78, 5) is 52.4. The lowest BCUT2D eigenvalue weighted by molar-refractivity contribution is -0.150. The summed E-state index contributed by atoms with van der Waals surface area (Å²) in [7, 11) is 0. The van der Waals surface area contributed by atoms with Crippen LogP contribution in [0.4, 0.5) is 4.79 Å². The van der Waals surface area contributed by atoms with E-state index in [1.54, 1.807) is 26.8 Å². The number of thioether (sulfide) groups is 2. The van der Waals surface area contributed by atoms with Gasteiger partial charge < -0.3 is 20.5 Å². The quantitative estimate of drug-likeness (QED) is 0.291. The van der Waals surface area contributed by atoms with Crippen LogP contribution in [0.25, 0.3) is 0 Å². The molecule has 11 nitrogen and oxygen atoms in total. The minimum Gasteiger partial charge on any atom is -0.477 e. The van der Waals surface area contributed by atoms with Gasteiger partial charge in [-0.05, 0) is 45.4 Å². The van der Waals surface area contributed by atoms with Gasteiger partial charge in [-0.25, -0.2) is 9.59 Å². The average molecular weight is 598 g/mol. The number of hydrogen-bond donors (Lipinski definition) is 3. The van der Waals surface area contributed by atoms with Crippen LogP contribution >= 0.6 is 46.2 Å². The Morgan fingerprint density at radius 2 is 1.95 bits per heavy atom. The number of nitrogens with one attached hydrogen (secondary N) is 2. The van der Waals surface area contributed by atoms with Crippen molar-refractivity contribution < 1.29 is 29.0 Å². The summed E-state index contributed by atoms with van der Waals surface area (Å²) >= 11 is 5.64. The number of carbonyl (C=O) groups excluding carboxylic acids is 3. The summed E-state index contributed by atoms with van der Waals surface area (Å²) in [6.45, 7) is 7.47. The molecule has 4 heterocycles. The molecule has 38 heavy (non-hydrogen) atoms. The first kappa shape index (κ1) is 28.4. The van der Waals surface area contributed by atoms with Crippen LogP contribution in [0.5, 0.6) is 0 Å². The highest BCUT2D eigenvalue weighted by molar-refractivity contribution is 8.01. The molecule has 0 spiro atoms. The molecule has 0 bridgehead atoms. The number of aromatic nitrogens is 2. The monoisotopic (exact) mass is 597 g/mol. The Bertz CT molecular complexity index is 1280. The van der Waals surface area contributed by atoms with Crippen molar-refractivity contribution in [2.24, 2.45) is 0 Å². The predicted octanol–water partition coefficient (Wildman–Crippen LogP) is 3.01. The second kappa shape index (κ2) is 11.6. The smallest absolute Gasteiger partial charge is 0.407 e. The number of aryl methyl sites for hydroxylation is 1. The maximum absolute atomic E-state index is 12.9. The Morgan fingerprint density at radius 1 is 1.21 bits per heavy atom. The lowest BCUT2D eigenvalue weighted by Gasteiger charge is -2.49. The number of rotatable bonds is 9. The number of carboxylic acid groups (broad SMARTS) is 1. The van der Waals surface area contributed by atoms with Crippen LogP contribution in [0.15, 0.2) is 27.7 Å². The van der Waals surface area contributed by atoms with Crippen molar-refractivity contribution in [3.05, 3.63) is 38.2 Å². The second-order valence-corrected chi connectivity index (χ2v) is 14.3. The van der Waals surface area contributed by atoms with Crippen LogP contribution in [0, 0.1) is 6.92 Å². The first-order valence-electron chi connectivity index (χ1n) is 11.6. The Hall–Kier alpha value is -2.62. The number of β-lactam (4-membered cyclic amide) rings is 1. The van der Waals surface area contributed by atoms with E-state index in [0.717, 1.165) is 19.1 Å². The summed E-state index contributed by atoms with van der Waals surface area (Å²) in [6.07, 6.45) is -0.446. The molecule has 2 aromatic heterocycles. The summed E-state index contributed by atoms with van der Waals surface area (Å²) in [5.41, 5.74) is 0.0350. The predicted molar refractivity (Wildman–Crippen MR) is 146 cm³/mol. The van der Waals surface area contributed by atoms with Gasteiger partial charge in [0.1, 0.15) is 27.7 Å². The number of ether oxygens (including phenoxy) is 1. The number of carbonyl (C=O) groups is 4. The van der Waals surface area contributed by atoms with Crippen LogP contribution in [-0.2, 0) is 32.1 Å². The van der Waals surface area contributed by atoms with Crippen LogP contribution in [-0.4, -0.2) is 72.6 Å². The van der Waals surface area contributed by atoms with Gasteiger partial charge in [0.05, 0.1) is 13.0 Å². The van der Waals surface area contributed by atoms with E-state index in [1.165, 1.54) is 51.1 Å². The molecule has 1 fully saturated rings. The zero-order valence-corrected chi connectivity index (χ0v) is 24.4. The van der Waals surface area contributed by atoms with Gasteiger partial charge in [0, 0.05) is 21.3 Å². The van der Waals surface area contributed by atoms with Crippen molar-refractivity contribution in [3.63, 3.8) is 0 Å². The Labute approximate surface area is 235 Å². The van der Waals surface area contributed by atoms with Gasteiger partial charge in [-0.15, -0.1) is 33.3 Å². The van der Waals surface area contributed by atoms with Crippen molar-refractivity contribution in [2.45, 2.75) is 62.0 Å². The lowest BCUT2D eigenvalue weighted by atomic mass is 10.0. The van der Waals surface area contributed by atoms with Gasteiger partial charge >= 0.3 is 12.1 Å². The number of aliphatic carboxylic acids is 1. The van der Waals surface area contributed by atoms with Crippen molar-refractivity contribution in [2.75, 3.05) is 11.5 Å². The number of thiophene rings is 1. The number of amides is 3. The number of carboxylic acids is 1. The largest absolute Gasteiger partial charge is 0.477 e. The van der Waals surface area contributed by atoms with Gasteiger partial charge in [-0.2, -0.15) is 0 Å². The van der Waals surface area contributed by atoms with Crippen molar-refractivity contribution in [3.8, 4) is 0 Å². The molecule has 2 aromatic rings. The maximum atomic E-state index is 12.9. The number of fused-ring (bicyclic) bond motifs is 1. The molecule has 15 heteroatoms. The molecule has 4 rings (SSSR count). The van der Waals surface area contributed by atoms with Crippen molar-refractivity contribution in [1.82, 2.24) is 25.7 Å². The second-order valence-electron chi connectivity index (χ2n) is 9.49. The molecule has 0 unspecified atom stereocenters. The Morgan fingerprint density at radius 3 is 2.61 bits per heavy atom. The number of hydrogen-bond acceptors (Lipinski definition) is 11. The molecular weight excluding hydrogens is 571 g/mol. The summed E-state index contributed by atoms with van der Waals surface area (Å²) in [5, 5.41) is 23.6. The highest BCUT2D eigenvalue weighted by atomic mass is 32.2. The minimum absolute atomic E-state index is 0.0154. The topological polar surface area (TPSA) is 151 Å². The molecule has 0 aliphatic carbocycles. The molecule has 0 aromatic carbocycles. The molecular formula is C23H27N5O6S4. The fourth-order valence-electron chi connectivity index (χ4n) is 3.75. The van der Waals surface area contributed by atoms with Gasteiger partial charge in [0.15, 0.2) is 4.34 Å². The molecule has 2 aliphatic heterocycles. The molecule has 2 atom stereocenters. The third-order valence-electron chi connectivity index (χ3n) is 5.30. The fraction of sp³-hybridized carbons (Fsp3) is 0.478. The first-order valence-corrected chi connectivity index (χ1v) is 15.2. The van der Waals surface area contributed by atoms with Crippen LogP contribution in [0.3, 0.4) is 0 Å². The van der Waals surface area contributed by atoms with E-state index >= 15 is 0 Å². The van der Waals surface area contributed by atoms with E-state index in [2.05, 4.69) is 20.8 Å². The molecule has 0 saturated carbocycles. The summed E-state index contributed by atoms with van der Waals surface area (Å²) in [5.74, 6) is -1.10. The number of alkyl carbamates (subject to hydrolysis) is 1. The van der Waals surface area contributed by atoms with E-state index in [9.17, 15) is 24.3 Å². The lowest BCUT2D eigenvalue weighted by Crippen LogP contribution is -2.70. The third-order valence-corrected chi connectivity index (χ3v) is 9.78. The van der Waals surface area contributed by atoms with E-state index < -0.39 is 35.0 Å². The Kier molecular flexibility index (Phi) is 8.69. The van der Waals surface area contributed by atoms with Crippen molar-refractivity contribution in [1.29, 1.82) is 0 Å². The first-order chi connectivity index (χ1) is 17.9. The molecule has 204 valence electrons. The fourth-order valence-corrected chi connectivity index (χ4v) is 8.01. The number of nitrogens with zero attached hydrogens (tertiary/aromatic N) is 3. The standard InChI is InChI=1S/C23H27N5O6S4/c1-11-26-27-22(37-11)36-10-12-9-35-19-16(18(30)28(19)17(12)20(31)32)25-15(29)7-13-5-6-14(38-13)8-24-21(33)34-23(2,3)4/h5-6,16,19H,7-10H2,1-4H3,(H,24,33)(H,25,29)(H,31,32)/t16-,19+/m1/s1. The van der Waals surface area contributed by atoms with Crippen LogP contribution < -0.4 is 10.6 Å². The molecule has 3 amide bonds. The van der Waals surface area contributed by atoms with Gasteiger partial charge in [-0.3, -0.25) is 14.5 Å². The molecule has 0 radical (unpaired) electrons. The van der Waals surface area contributed by atoms with Crippen LogP contribution in [0.1, 0.15) is 35.5 Å².